The Balaban J connectivity index is 1.37. The summed E-state index contributed by atoms with van der Waals surface area (Å²) < 4.78 is 17.9. The quantitative estimate of drug-likeness (QED) is 0.409. The minimum Gasteiger partial charge on any atom is -0.497 e. The van der Waals surface area contributed by atoms with E-state index in [2.05, 4.69) is 15.5 Å². The normalized spacial score (nSPS) is 11.9. The molecule has 5 rings (SSSR count). The van der Waals surface area contributed by atoms with Crippen molar-refractivity contribution in [3.8, 4) is 34.3 Å². The van der Waals surface area contributed by atoms with Gasteiger partial charge < -0.3 is 19.5 Å². The molecule has 1 aliphatic rings. The van der Waals surface area contributed by atoms with Crippen molar-refractivity contribution in [1.29, 1.82) is 0 Å². The number of amides is 1. The van der Waals surface area contributed by atoms with Crippen LogP contribution in [0.25, 0.3) is 17.1 Å². The number of carbonyl (C=O) groups excluding carboxylic acids is 1. The van der Waals surface area contributed by atoms with E-state index in [4.69, 9.17) is 14.2 Å². The van der Waals surface area contributed by atoms with Gasteiger partial charge in [-0.1, -0.05) is 42.1 Å². The Labute approximate surface area is 194 Å². The van der Waals surface area contributed by atoms with Crippen LogP contribution < -0.4 is 19.5 Å². The van der Waals surface area contributed by atoms with Crippen molar-refractivity contribution in [2.75, 3.05) is 25.0 Å². The number of aromatic nitrogens is 3. The molecule has 0 fully saturated rings. The molecular weight excluding hydrogens is 440 g/mol. The molecular formula is C24H20N4O4S. The second-order valence-corrected chi connectivity index (χ2v) is 8.05. The first kappa shape index (κ1) is 20.9. The molecule has 0 radical (unpaired) electrons. The molecule has 0 spiro atoms. The van der Waals surface area contributed by atoms with Crippen LogP contribution in [-0.2, 0) is 4.79 Å². The molecule has 0 saturated carbocycles. The van der Waals surface area contributed by atoms with E-state index in [0.717, 1.165) is 17.0 Å². The van der Waals surface area contributed by atoms with Gasteiger partial charge in [-0.2, -0.15) is 0 Å². The Kier molecular flexibility index (Phi) is 5.86. The van der Waals surface area contributed by atoms with Crippen LogP contribution in [0.2, 0.25) is 0 Å². The number of anilines is 1. The summed E-state index contributed by atoms with van der Waals surface area (Å²) in [5, 5.41) is 12.3. The lowest BCUT2D eigenvalue weighted by Crippen LogP contribution is -2.14. The van der Waals surface area contributed by atoms with E-state index >= 15 is 0 Å². The van der Waals surface area contributed by atoms with Crippen molar-refractivity contribution in [1.82, 2.24) is 14.8 Å². The number of benzene rings is 3. The number of fused-ring (bicyclic) bond motifs is 1. The van der Waals surface area contributed by atoms with Crippen molar-refractivity contribution in [2.45, 2.75) is 5.16 Å². The van der Waals surface area contributed by atoms with Crippen molar-refractivity contribution in [3.63, 3.8) is 0 Å². The summed E-state index contributed by atoms with van der Waals surface area (Å²) in [4.78, 5) is 12.6. The van der Waals surface area contributed by atoms with Crippen molar-refractivity contribution in [3.05, 3.63) is 72.8 Å². The van der Waals surface area contributed by atoms with E-state index in [1.807, 2.05) is 59.2 Å². The monoisotopic (exact) mass is 460 g/mol. The summed E-state index contributed by atoms with van der Waals surface area (Å²) in [6.07, 6.45) is 0. The van der Waals surface area contributed by atoms with E-state index in [9.17, 15) is 4.79 Å². The fourth-order valence-corrected chi connectivity index (χ4v) is 4.16. The number of nitrogens with zero attached hydrogens (tertiary/aromatic N) is 3. The van der Waals surface area contributed by atoms with Crippen LogP contribution >= 0.6 is 11.8 Å². The van der Waals surface area contributed by atoms with Crippen LogP contribution in [0, 0.1) is 0 Å². The van der Waals surface area contributed by atoms with Crippen LogP contribution in [0.1, 0.15) is 0 Å². The van der Waals surface area contributed by atoms with Crippen LogP contribution in [0.5, 0.6) is 17.2 Å². The fraction of sp³-hybridized carbons (Fsp3) is 0.125. The van der Waals surface area contributed by atoms with Gasteiger partial charge in [0.05, 0.1) is 12.9 Å². The Bertz CT molecular complexity index is 1280. The van der Waals surface area contributed by atoms with Crippen molar-refractivity contribution in [2.24, 2.45) is 0 Å². The first-order valence-electron chi connectivity index (χ1n) is 10.2. The average Bonchev–Trinajstić information content (AvgIpc) is 3.50. The Morgan fingerprint density at radius 2 is 1.82 bits per heavy atom. The highest BCUT2D eigenvalue weighted by Crippen LogP contribution is 2.34. The van der Waals surface area contributed by atoms with Gasteiger partial charge in [0.25, 0.3) is 0 Å². The van der Waals surface area contributed by atoms with Crippen LogP contribution in [0.15, 0.2) is 78.0 Å². The lowest BCUT2D eigenvalue weighted by molar-refractivity contribution is -0.113. The average molecular weight is 461 g/mol. The highest BCUT2D eigenvalue weighted by Gasteiger charge is 2.18. The topological polar surface area (TPSA) is 87.5 Å². The molecule has 0 bridgehead atoms. The smallest absolute Gasteiger partial charge is 0.234 e. The lowest BCUT2D eigenvalue weighted by Gasteiger charge is -2.11. The van der Waals surface area contributed by atoms with Gasteiger partial charge in [0.15, 0.2) is 22.5 Å². The molecule has 4 aromatic rings. The van der Waals surface area contributed by atoms with Crippen LogP contribution in [-0.4, -0.2) is 40.3 Å². The van der Waals surface area contributed by atoms with Gasteiger partial charge >= 0.3 is 0 Å². The van der Waals surface area contributed by atoms with Gasteiger partial charge in [-0.3, -0.25) is 9.36 Å². The molecule has 0 saturated heterocycles. The molecule has 0 aliphatic carbocycles. The number of methoxy groups -OCH3 is 1. The van der Waals surface area contributed by atoms with E-state index in [-0.39, 0.29) is 18.5 Å². The van der Waals surface area contributed by atoms with Gasteiger partial charge in [-0.05, 0) is 36.4 Å². The molecule has 0 unspecified atom stereocenters. The lowest BCUT2D eigenvalue weighted by atomic mass is 10.2. The summed E-state index contributed by atoms with van der Waals surface area (Å²) in [6, 6.07) is 22.7. The predicted molar refractivity (Wildman–Crippen MR) is 125 cm³/mol. The SMILES string of the molecule is COc1ccc(-n2c(SCC(=O)Nc3ccc4c(c3)OCO4)nnc2-c2ccccc2)cc1. The number of ether oxygens (including phenoxy) is 3. The predicted octanol–water partition coefficient (Wildman–Crippen LogP) is 4.40. The van der Waals surface area contributed by atoms with Crippen LogP contribution in [0.4, 0.5) is 5.69 Å². The van der Waals surface area contributed by atoms with Gasteiger partial charge in [0.2, 0.25) is 12.7 Å². The molecule has 2 heterocycles. The maximum absolute atomic E-state index is 12.6. The largest absolute Gasteiger partial charge is 0.497 e. The first-order valence-corrected chi connectivity index (χ1v) is 11.2. The highest BCUT2D eigenvalue weighted by atomic mass is 32.2. The second-order valence-electron chi connectivity index (χ2n) is 7.11. The number of nitrogens with one attached hydrogen (secondary N) is 1. The van der Waals surface area contributed by atoms with Gasteiger partial charge in [-0.15, -0.1) is 10.2 Å². The maximum Gasteiger partial charge on any atom is 0.234 e. The van der Waals surface area contributed by atoms with Crippen LogP contribution in [0.3, 0.4) is 0 Å². The number of rotatable bonds is 7. The Hall–Kier alpha value is -3.98. The van der Waals surface area contributed by atoms with E-state index in [1.165, 1.54) is 11.8 Å². The fourth-order valence-electron chi connectivity index (χ4n) is 3.40. The van der Waals surface area contributed by atoms with Gasteiger partial charge in [-0.25, -0.2) is 0 Å². The molecule has 8 nitrogen and oxygen atoms in total. The third-order valence-electron chi connectivity index (χ3n) is 4.98. The number of thioether (sulfide) groups is 1. The maximum atomic E-state index is 12.6. The minimum absolute atomic E-state index is 0.163. The van der Waals surface area contributed by atoms with E-state index in [0.29, 0.717) is 28.2 Å². The molecule has 1 N–H and O–H groups in total. The molecule has 3 aromatic carbocycles. The van der Waals surface area contributed by atoms with Gasteiger partial charge in [0, 0.05) is 23.0 Å². The number of carbonyl (C=O) groups is 1. The Morgan fingerprint density at radius 3 is 2.61 bits per heavy atom. The third-order valence-corrected chi connectivity index (χ3v) is 5.91. The molecule has 0 atom stereocenters. The molecule has 9 heteroatoms. The number of hydrogen-bond acceptors (Lipinski definition) is 7. The first-order chi connectivity index (χ1) is 16.2. The van der Waals surface area contributed by atoms with Gasteiger partial charge in [0.1, 0.15) is 5.75 Å². The zero-order valence-electron chi connectivity index (χ0n) is 17.7. The zero-order valence-corrected chi connectivity index (χ0v) is 18.5. The molecule has 1 amide bonds. The standard InChI is InChI=1S/C24H20N4O4S/c1-30-19-10-8-18(9-11-19)28-23(16-5-3-2-4-6-16)26-27-24(28)33-14-22(29)25-17-7-12-20-21(13-17)32-15-31-20/h2-13H,14-15H2,1H3,(H,25,29). The third kappa shape index (κ3) is 4.49. The van der Waals surface area contributed by atoms with E-state index in [1.54, 1.807) is 25.3 Å². The zero-order chi connectivity index (χ0) is 22.6. The minimum atomic E-state index is -0.163. The molecule has 1 aliphatic heterocycles. The molecule has 166 valence electrons. The second kappa shape index (κ2) is 9.25. The summed E-state index contributed by atoms with van der Waals surface area (Å²) in [7, 11) is 1.63. The molecule has 33 heavy (non-hydrogen) atoms. The van der Waals surface area contributed by atoms with E-state index < -0.39 is 0 Å². The van der Waals surface area contributed by atoms with Crippen molar-refractivity contribution < 1.29 is 19.0 Å². The van der Waals surface area contributed by atoms with Crippen molar-refractivity contribution >= 4 is 23.4 Å². The molecule has 1 aromatic heterocycles. The summed E-state index contributed by atoms with van der Waals surface area (Å²) in [5.74, 6) is 2.74. The summed E-state index contributed by atoms with van der Waals surface area (Å²) in [6.45, 7) is 0.188. The highest BCUT2D eigenvalue weighted by molar-refractivity contribution is 7.99. The number of hydrogen-bond donors (Lipinski definition) is 1. The summed E-state index contributed by atoms with van der Waals surface area (Å²) in [5.41, 5.74) is 2.45. The summed E-state index contributed by atoms with van der Waals surface area (Å²) >= 11 is 1.31. The Morgan fingerprint density at radius 1 is 1.03 bits per heavy atom.